The van der Waals surface area contributed by atoms with Crippen LogP contribution in [0.25, 0.3) is 0 Å². The van der Waals surface area contributed by atoms with Crippen LogP contribution in [0.15, 0.2) is 81.1 Å². The van der Waals surface area contributed by atoms with Gasteiger partial charge < -0.3 is 14.7 Å². The summed E-state index contributed by atoms with van der Waals surface area (Å²) in [6, 6.07) is 16.8. The molecular weight excluding hydrogens is 421 g/mol. The lowest BCUT2D eigenvalue weighted by Gasteiger charge is -2.16. The van der Waals surface area contributed by atoms with Crippen LogP contribution in [0.3, 0.4) is 0 Å². The fourth-order valence-electron chi connectivity index (χ4n) is 2.84. The summed E-state index contributed by atoms with van der Waals surface area (Å²) in [5.74, 6) is -0.418. The summed E-state index contributed by atoms with van der Waals surface area (Å²) >= 11 is 0. The molecule has 0 aromatic heterocycles. The van der Waals surface area contributed by atoms with Gasteiger partial charge in [0.1, 0.15) is 11.4 Å². The number of hydrogen-bond acceptors (Lipinski definition) is 7. The highest BCUT2D eigenvalue weighted by molar-refractivity contribution is 5.58. The average Bonchev–Trinajstić information content (AvgIpc) is 2.83. The smallest absolute Gasteiger partial charge is 0.167 e. The van der Waals surface area contributed by atoms with E-state index >= 15 is 0 Å². The quantitative estimate of drug-likeness (QED) is 0.251. The number of halogens is 1. The molecular formula is C25H28FN5O2. The summed E-state index contributed by atoms with van der Waals surface area (Å²) in [6.07, 6.45) is 1.83. The zero-order chi connectivity index (χ0) is 23.6. The van der Waals surface area contributed by atoms with Gasteiger partial charge in [-0.2, -0.15) is 15.3 Å². The predicted molar refractivity (Wildman–Crippen MR) is 129 cm³/mol. The van der Waals surface area contributed by atoms with Gasteiger partial charge in [-0.25, -0.2) is 4.39 Å². The molecule has 0 bridgehead atoms. The largest absolute Gasteiger partial charge is 0.506 e. The van der Waals surface area contributed by atoms with Crippen LogP contribution < -0.4 is 9.64 Å². The van der Waals surface area contributed by atoms with Gasteiger partial charge in [0.05, 0.1) is 23.7 Å². The molecule has 3 aromatic carbocycles. The molecule has 172 valence electrons. The molecule has 0 amide bonds. The highest BCUT2D eigenvalue weighted by atomic mass is 19.1. The number of nitrogens with zero attached hydrogens (tertiary/aromatic N) is 5. The molecule has 7 nitrogen and oxygen atoms in total. The van der Waals surface area contributed by atoms with E-state index in [1.165, 1.54) is 18.2 Å². The first kappa shape index (κ1) is 23.8. The molecule has 3 rings (SSSR count). The Labute approximate surface area is 193 Å². The van der Waals surface area contributed by atoms with Crippen LogP contribution in [0.2, 0.25) is 0 Å². The second-order valence-electron chi connectivity index (χ2n) is 7.42. The summed E-state index contributed by atoms with van der Waals surface area (Å²) in [6.45, 7) is 5.51. The highest BCUT2D eigenvalue weighted by Crippen LogP contribution is 2.33. The molecule has 0 radical (unpaired) electrons. The lowest BCUT2D eigenvalue weighted by molar-refractivity contribution is 0.294. The first-order chi connectivity index (χ1) is 16.0. The first-order valence-corrected chi connectivity index (χ1v) is 10.9. The van der Waals surface area contributed by atoms with Gasteiger partial charge in [-0.15, -0.1) is 5.11 Å². The van der Waals surface area contributed by atoms with Crippen molar-refractivity contribution in [2.45, 2.75) is 26.7 Å². The Morgan fingerprint density at radius 3 is 2.15 bits per heavy atom. The zero-order valence-corrected chi connectivity index (χ0v) is 19.1. The van der Waals surface area contributed by atoms with E-state index in [0.717, 1.165) is 25.1 Å². The number of rotatable bonds is 10. The van der Waals surface area contributed by atoms with Crippen molar-refractivity contribution in [2.75, 3.05) is 25.1 Å². The number of phenolic OH excluding ortho intramolecular Hbond substituents is 1. The van der Waals surface area contributed by atoms with Gasteiger partial charge in [0.25, 0.3) is 0 Å². The van der Waals surface area contributed by atoms with Crippen molar-refractivity contribution in [3.8, 4) is 11.5 Å². The summed E-state index contributed by atoms with van der Waals surface area (Å²) in [7, 11) is 2.02. The first-order valence-electron chi connectivity index (χ1n) is 10.9. The fraction of sp³-hybridized carbons (Fsp3) is 0.280. The van der Waals surface area contributed by atoms with Crippen molar-refractivity contribution in [1.82, 2.24) is 0 Å². The van der Waals surface area contributed by atoms with Crippen LogP contribution in [0.4, 0.5) is 32.8 Å². The van der Waals surface area contributed by atoms with E-state index in [0.29, 0.717) is 23.7 Å². The van der Waals surface area contributed by atoms with Crippen LogP contribution >= 0.6 is 0 Å². The highest BCUT2D eigenvalue weighted by Gasteiger charge is 2.06. The molecule has 0 aliphatic rings. The van der Waals surface area contributed by atoms with Crippen LogP contribution in [0.5, 0.6) is 11.5 Å². The Morgan fingerprint density at radius 2 is 1.48 bits per heavy atom. The molecule has 33 heavy (non-hydrogen) atoms. The Bertz CT molecular complexity index is 1120. The molecule has 0 atom stereocenters. The van der Waals surface area contributed by atoms with Crippen LogP contribution in [-0.2, 0) is 0 Å². The topological polar surface area (TPSA) is 82.1 Å². The monoisotopic (exact) mass is 449 g/mol. The SMILES string of the molecule is CCCCOc1ccc(N=Nc2ccc(N=Nc3ccc(N(C)CC)cc3)cc2O)cc1F. The lowest BCUT2D eigenvalue weighted by atomic mass is 10.2. The van der Waals surface area contributed by atoms with E-state index in [4.69, 9.17) is 4.74 Å². The van der Waals surface area contributed by atoms with Gasteiger partial charge in [-0.3, -0.25) is 0 Å². The summed E-state index contributed by atoms with van der Waals surface area (Å²) in [4.78, 5) is 2.12. The number of benzene rings is 3. The van der Waals surface area contributed by atoms with Crippen molar-refractivity contribution in [3.05, 3.63) is 66.5 Å². The summed E-state index contributed by atoms with van der Waals surface area (Å²) in [5, 5.41) is 26.6. The number of anilines is 1. The molecule has 3 aromatic rings. The molecule has 0 spiro atoms. The predicted octanol–water partition coefficient (Wildman–Crippen LogP) is 8.00. The Hall–Kier alpha value is -3.81. The van der Waals surface area contributed by atoms with E-state index in [1.54, 1.807) is 18.2 Å². The molecule has 1 N–H and O–H groups in total. The van der Waals surface area contributed by atoms with Gasteiger partial charge in [0.2, 0.25) is 0 Å². The van der Waals surface area contributed by atoms with Gasteiger partial charge in [-0.1, -0.05) is 13.3 Å². The van der Waals surface area contributed by atoms with E-state index in [9.17, 15) is 9.50 Å². The minimum Gasteiger partial charge on any atom is -0.506 e. The van der Waals surface area contributed by atoms with Crippen LogP contribution in [-0.4, -0.2) is 25.3 Å². The normalized spacial score (nSPS) is 11.4. The minimum atomic E-state index is -0.503. The molecule has 0 heterocycles. The number of aromatic hydroxyl groups is 1. The number of hydrogen-bond donors (Lipinski definition) is 1. The van der Waals surface area contributed by atoms with Crippen LogP contribution in [0, 0.1) is 5.82 Å². The van der Waals surface area contributed by atoms with E-state index in [2.05, 4.69) is 32.3 Å². The zero-order valence-electron chi connectivity index (χ0n) is 19.1. The number of unbranched alkanes of at least 4 members (excludes halogenated alkanes) is 1. The van der Waals surface area contributed by atoms with Crippen molar-refractivity contribution in [1.29, 1.82) is 0 Å². The third kappa shape index (κ3) is 6.83. The maximum Gasteiger partial charge on any atom is 0.167 e. The van der Waals surface area contributed by atoms with E-state index < -0.39 is 5.82 Å². The third-order valence-corrected chi connectivity index (χ3v) is 4.95. The van der Waals surface area contributed by atoms with Gasteiger partial charge in [0, 0.05) is 31.4 Å². The molecule has 0 aliphatic carbocycles. The van der Waals surface area contributed by atoms with E-state index in [-0.39, 0.29) is 17.2 Å². The Morgan fingerprint density at radius 1 is 0.848 bits per heavy atom. The fourth-order valence-corrected chi connectivity index (χ4v) is 2.84. The lowest BCUT2D eigenvalue weighted by Crippen LogP contribution is -2.15. The van der Waals surface area contributed by atoms with Crippen LogP contribution in [0.1, 0.15) is 26.7 Å². The van der Waals surface area contributed by atoms with Crippen molar-refractivity contribution in [3.63, 3.8) is 0 Å². The molecule has 0 saturated carbocycles. The van der Waals surface area contributed by atoms with Crippen molar-refractivity contribution in [2.24, 2.45) is 20.5 Å². The molecule has 0 saturated heterocycles. The number of ether oxygens (including phenoxy) is 1. The minimum absolute atomic E-state index is 0.102. The van der Waals surface area contributed by atoms with Crippen molar-refractivity contribution < 1.29 is 14.2 Å². The standard InChI is InChI=1S/C25H28FN5O2/c1-4-6-15-33-25-14-10-19(16-22(25)26)29-30-23-13-9-20(17-24(23)32)28-27-18-7-11-21(12-8-18)31(3)5-2/h7-14,16-17,32H,4-6,15H2,1-3H3. The second-order valence-corrected chi connectivity index (χ2v) is 7.42. The van der Waals surface area contributed by atoms with Crippen molar-refractivity contribution >= 4 is 28.4 Å². The van der Waals surface area contributed by atoms with Gasteiger partial charge >= 0.3 is 0 Å². The molecule has 8 heteroatoms. The average molecular weight is 450 g/mol. The second kappa shape index (κ2) is 11.7. The number of phenols is 1. The van der Waals surface area contributed by atoms with Gasteiger partial charge in [-0.05, 0) is 61.9 Å². The molecule has 0 aliphatic heterocycles. The molecule has 0 fully saturated rings. The maximum atomic E-state index is 14.1. The molecule has 0 unspecified atom stereocenters. The number of azo groups is 2. The van der Waals surface area contributed by atoms with E-state index in [1.807, 2.05) is 38.2 Å². The third-order valence-electron chi connectivity index (χ3n) is 4.95. The maximum absolute atomic E-state index is 14.1. The summed E-state index contributed by atoms with van der Waals surface area (Å²) in [5.41, 5.74) is 2.83. The Balaban J connectivity index is 1.65. The summed E-state index contributed by atoms with van der Waals surface area (Å²) < 4.78 is 19.5. The van der Waals surface area contributed by atoms with Gasteiger partial charge in [0.15, 0.2) is 11.6 Å². The Kier molecular flexibility index (Phi) is 8.46.